The maximum Gasteiger partial charge on any atom is 0.256 e. The highest BCUT2D eigenvalue weighted by Crippen LogP contribution is 2.15. The molecule has 0 bridgehead atoms. The average molecular weight is 333 g/mol. The molecular weight excluding hydrogens is 316 g/mol. The van der Waals surface area contributed by atoms with Gasteiger partial charge in [0.2, 0.25) is 0 Å². The summed E-state index contributed by atoms with van der Waals surface area (Å²) in [6, 6.07) is 6.39. The van der Waals surface area contributed by atoms with Crippen LogP contribution in [0.1, 0.15) is 23.2 Å². The Morgan fingerprint density at radius 1 is 1.25 bits per heavy atom. The summed E-state index contributed by atoms with van der Waals surface area (Å²) >= 11 is 0. The fraction of sp³-hybridized carbons (Fsp3) is 0.294. The number of nitrogens with one attached hydrogen (secondary N) is 2. The van der Waals surface area contributed by atoms with Crippen LogP contribution in [0.2, 0.25) is 0 Å². The predicted molar refractivity (Wildman–Crippen MR) is 86.0 cm³/mol. The molecule has 1 fully saturated rings. The molecule has 1 aromatic carbocycles. The second-order valence-corrected chi connectivity index (χ2v) is 5.53. The Morgan fingerprint density at radius 2 is 2.12 bits per heavy atom. The van der Waals surface area contributed by atoms with Gasteiger partial charge in [0.1, 0.15) is 5.82 Å². The van der Waals surface area contributed by atoms with E-state index in [0.29, 0.717) is 12.4 Å². The van der Waals surface area contributed by atoms with Gasteiger partial charge in [-0.1, -0.05) is 0 Å². The van der Waals surface area contributed by atoms with Crippen molar-refractivity contribution in [2.75, 3.05) is 23.8 Å². The third-order valence-corrected chi connectivity index (χ3v) is 3.74. The number of aromatic nitrogens is 1. The fourth-order valence-corrected chi connectivity index (χ4v) is 2.44. The molecule has 5 nitrogen and oxygen atoms in total. The van der Waals surface area contributed by atoms with Crippen LogP contribution in [0.4, 0.5) is 20.3 Å². The number of benzene rings is 1. The standard InChI is InChI=1S/C17H17F2N3O2/c18-14-5-3-11(8-15(14)19)17(23)22-16-6-4-12(9-21-16)20-10-13-2-1-7-24-13/h3-6,8-9,13,20H,1-2,7,10H2,(H,21,22,23). The minimum Gasteiger partial charge on any atom is -0.381 e. The maximum absolute atomic E-state index is 13.2. The van der Waals surface area contributed by atoms with Crippen LogP contribution in [-0.4, -0.2) is 30.1 Å². The quantitative estimate of drug-likeness (QED) is 0.882. The molecule has 7 heteroatoms. The summed E-state index contributed by atoms with van der Waals surface area (Å²) in [7, 11) is 0. The number of carbonyl (C=O) groups is 1. The normalized spacial score (nSPS) is 16.8. The van der Waals surface area contributed by atoms with Gasteiger partial charge < -0.3 is 15.4 Å². The van der Waals surface area contributed by atoms with Crippen molar-refractivity contribution in [3.8, 4) is 0 Å². The van der Waals surface area contributed by atoms with Crippen molar-refractivity contribution in [3.63, 3.8) is 0 Å². The zero-order chi connectivity index (χ0) is 16.9. The zero-order valence-corrected chi connectivity index (χ0v) is 12.9. The molecule has 1 saturated heterocycles. The minimum atomic E-state index is -1.07. The number of ether oxygens (including phenoxy) is 1. The van der Waals surface area contributed by atoms with Crippen molar-refractivity contribution >= 4 is 17.4 Å². The van der Waals surface area contributed by atoms with Crippen molar-refractivity contribution in [1.29, 1.82) is 0 Å². The summed E-state index contributed by atoms with van der Waals surface area (Å²) < 4.78 is 31.6. The average Bonchev–Trinajstić information content (AvgIpc) is 3.10. The monoisotopic (exact) mass is 333 g/mol. The molecule has 0 saturated carbocycles. The first-order valence-corrected chi connectivity index (χ1v) is 7.70. The smallest absolute Gasteiger partial charge is 0.256 e. The topological polar surface area (TPSA) is 63.2 Å². The number of amides is 1. The molecule has 3 rings (SSSR count). The number of hydrogen-bond donors (Lipinski definition) is 2. The van der Waals surface area contributed by atoms with E-state index in [4.69, 9.17) is 4.74 Å². The van der Waals surface area contributed by atoms with Gasteiger partial charge in [-0.15, -0.1) is 0 Å². The minimum absolute atomic E-state index is 0.0243. The second-order valence-electron chi connectivity index (χ2n) is 5.53. The molecule has 2 N–H and O–H groups in total. The highest BCUT2D eigenvalue weighted by Gasteiger charge is 2.15. The summed E-state index contributed by atoms with van der Waals surface area (Å²) in [6.07, 6.45) is 3.94. The van der Waals surface area contributed by atoms with Gasteiger partial charge in [0, 0.05) is 18.7 Å². The van der Waals surface area contributed by atoms with Gasteiger partial charge in [0.25, 0.3) is 5.91 Å². The van der Waals surface area contributed by atoms with Crippen molar-refractivity contribution in [1.82, 2.24) is 4.98 Å². The Balaban J connectivity index is 1.56. The summed E-state index contributed by atoms with van der Waals surface area (Å²) in [5, 5.41) is 5.76. The molecule has 1 aliphatic heterocycles. The molecule has 126 valence electrons. The van der Waals surface area contributed by atoms with Crippen LogP contribution in [-0.2, 0) is 4.74 Å². The van der Waals surface area contributed by atoms with Crippen LogP contribution in [0.3, 0.4) is 0 Å². The van der Waals surface area contributed by atoms with E-state index in [9.17, 15) is 13.6 Å². The maximum atomic E-state index is 13.2. The molecule has 0 radical (unpaired) electrons. The van der Waals surface area contributed by atoms with Crippen LogP contribution in [0, 0.1) is 11.6 Å². The number of anilines is 2. The van der Waals surface area contributed by atoms with Crippen molar-refractivity contribution in [2.45, 2.75) is 18.9 Å². The summed E-state index contributed by atoms with van der Waals surface area (Å²) in [5.41, 5.74) is 0.840. The van der Waals surface area contributed by atoms with Gasteiger partial charge in [0.05, 0.1) is 18.0 Å². The Labute approximate surface area is 138 Å². The lowest BCUT2D eigenvalue weighted by molar-refractivity contribution is 0.102. The Morgan fingerprint density at radius 3 is 2.79 bits per heavy atom. The van der Waals surface area contributed by atoms with Crippen LogP contribution >= 0.6 is 0 Å². The molecule has 2 aromatic rings. The molecule has 1 aliphatic rings. The van der Waals surface area contributed by atoms with E-state index in [1.807, 2.05) is 0 Å². The zero-order valence-electron chi connectivity index (χ0n) is 12.9. The summed E-state index contributed by atoms with van der Waals surface area (Å²) in [6.45, 7) is 1.52. The molecule has 1 amide bonds. The van der Waals surface area contributed by atoms with E-state index in [2.05, 4.69) is 15.6 Å². The van der Waals surface area contributed by atoms with Gasteiger partial charge in [0.15, 0.2) is 11.6 Å². The van der Waals surface area contributed by atoms with Crippen LogP contribution in [0.25, 0.3) is 0 Å². The lowest BCUT2D eigenvalue weighted by Gasteiger charge is -2.12. The fourth-order valence-electron chi connectivity index (χ4n) is 2.44. The first-order chi connectivity index (χ1) is 11.6. The molecule has 2 heterocycles. The predicted octanol–water partition coefficient (Wildman–Crippen LogP) is 3.20. The highest BCUT2D eigenvalue weighted by atomic mass is 19.2. The molecule has 0 spiro atoms. The van der Waals surface area contributed by atoms with Gasteiger partial charge in [-0.2, -0.15) is 0 Å². The second kappa shape index (κ2) is 7.35. The number of pyridine rings is 1. The number of hydrogen-bond acceptors (Lipinski definition) is 4. The van der Waals surface area contributed by atoms with E-state index in [0.717, 1.165) is 37.3 Å². The Bertz CT molecular complexity index is 716. The lowest BCUT2D eigenvalue weighted by Crippen LogP contribution is -2.18. The third-order valence-electron chi connectivity index (χ3n) is 3.74. The first-order valence-electron chi connectivity index (χ1n) is 7.70. The number of nitrogens with zero attached hydrogens (tertiary/aromatic N) is 1. The molecule has 1 aromatic heterocycles. The number of rotatable bonds is 5. The molecule has 1 atom stereocenters. The van der Waals surface area contributed by atoms with E-state index in [-0.39, 0.29) is 11.7 Å². The summed E-state index contributed by atoms with van der Waals surface area (Å²) in [4.78, 5) is 16.1. The first kappa shape index (κ1) is 16.3. The van der Waals surface area contributed by atoms with Crippen molar-refractivity contribution in [3.05, 3.63) is 53.7 Å². The van der Waals surface area contributed by atoms with Gasteiger partial charge in [-0.25, -0.2) is 13.8 Å². The van der Waals surface area contributed by atoms with E-state index < -0.39 is 17.5 Å². The summed E-state index contributed by atoms with van der Waals surface area (Å²) in [5.74, 6) is -2.29. The van der Waals surface area contributed by atoms with Gasteiger partial charge in [-0.3, -0.25) is 4.79 Å². The number of halogens is 2. The van der Waals surface area contributed by atoms with Crippen LogP contribution < -0.4 is 10.6 Å². The van der Waals surface area contributed by atoms with Crippen LogP contribution in [0.5, 0.6) is 0 Å². The number of carbonyl (C=O) groups excluding carboxylic acids is 1. The molecule has 0 aliphatic carbocycles. The van der Waals surface area contributed by atoms with Crippen molar-refractivity contribution < 1.29 is 18.3 Å². The van der Waals surface area contributed by atoms with E-state index in [1.165, 1.54) is 6.07 Å². The van der Waals surface area contributed by atoms with E-state index >= 15 is 0 Å². The molecule has 1 unspecified atom stereocenters. The lowest BCUT2D eigenvalue weighted by atomic mass is 10.2. The Kier molecular flexibility index (Phi) is 5.00. The Hall–Kier alpha value is -2.54. The third kappa shape index (κ3) is 4.05. The highest BCUT2D eigenvalue weighted by molar-refractivity contribution is 6.03. The van der Waals surface area contributed by atoms with Gasteiger partial charge >= 0.3 is 0 Å². The van der Waals surface area contributed by atoms with Gasteiger partial charge in [-0.05, 0) is 43.2 Å². The molecule has 24 heavy (non-hydrogen) atoms. The van der Waals surface area contributed by atoms with Crippen LogP contribution in [0.15, 0.2) is 36.5 Å². The van der Waals surface area contributed by atoms with Crippen molar-refractivity contribution in [2.24, 2.45) is 0 Å². The SMILES string of the molecule is O=C(Nc1ccc(NCC2CCCO2)cn1)c1ccc(F)c(F)c1. The molecular formula is C17H17F2N3O2. The largest absolute Gasteiger partial charge is 0.381 e. The van der Waals surface area contributed by atoms with E-state index in [1.54, 1.807) is 18.3 Å².